The first-order valence-corrected chi connectivity index (χ1v) is 8.89. The molecule has 1 atom stereocenters. The number of nitrogens with zero attached hydrogens (tertiary/aromatic N) is 1. The first kappa shape index (κ1) is 20.9. The van der Waals surface area contributed by atoms with E-state index in [4.69, 9.17) is 4.74 Å². The van der Waals surface area contributed by atoms with Gasteiger partial charge in [-0.1, -0.05) is 24.3 Å². The maximum atomic E-state index is 12.8. The van der Waals surface area contributed by atoms with Gasteiger partial charge in [0.15, 0.2) is 5.69 Å². The molecule has 7 nitrogen and oxygen atoms in total. The van der Waals surface area contributed by atoms with Crippen LogP contribution in [0.3, 0.4) is 0 Å². The van der Waals surface area contributed by atoms with Gasteiger partial charge in [-0.2, -0.15) is 5.10 Å². The number of aromatic nitrogens is 2. The molecule has 1 amide bonds. The van der Waals surface area contributed by atoms with Gasteiger partial charge in [-0.15, -0.1) is 12.4 Å². The number of fused-ring (bicyclic) bond motifs is 1. The van der Waals surface area contributed by atoms with E-state index in [9.17, 15) is 9.59 Å². The van der Waals surface area contributed by atoms with E-state index >= 15 is 0 Å². The number of amides is 1. The molecule has 1 unspecified atom stereocenters. The molecule has 146 valence electrons. The molecular weight excluding hydrogens is 368 g/mol. The second-order valence-electron chi connectivity index (χ2n) is 6.35. The fraction of sp³-hybridized carbons (Fsp3) is 0.421. The van der Waals surface area contributed by atoms with Crippen molar-refractivity contribution in [1.82, 2.24) is 20.8 Å². The molecule has 8 heteroatoms. The van der Waals surface area contributed by atoms with Gasteiger partial charge < -0.3 is 15.4 Å². The van der Waals surface area contributed by atoms with Crippen LogP contribution >= 0.6 is 12.4 Å². The average molecular weight is 393 g/mol. The summed E-state index contributed by atoms with van der Waals surface area (Å²) in [5.41, 5.74) is 4.18. The van der Waals surface area contributed by atoms with E-state index in [-0.39, 0.29) is 30.7 Å². The van der Waals surface area contributed by atoms with Crippen molar-refractivity contribution in [3.8, 4) is 0 Å². The number of esters is 1. The summed E-state index contributed by atoms with van der Waals surface area (Å²) in [5, 5.41) is 13.4. The van der Waals surface area contributed by atoms with Gasteiger partial charge >= 0.3 is 5.97 Å². The number of hydrogen-bond acceptors (Lipinski definition) is 5. The zero-order valence-corrected chi connectivity index (χ0v) is 16.3. The van der Waals surface area contributed by atoms with Crippen LogP contribution in [0, 0.1) is 6.92 Å². The minimum atomic E-state index is -0.466. The lowest BCUT2D eigenvalue weighted by Gasteiger charge is -2.20. The molecule has 0 aliphatic carbocycles. The fourth-order valence-corrected chi connectivity index (χ4v) is 3.24. The number of nitrogens with one attached hydrogen (secondary N) is 3. The summed E-state index contributed by atoms with van der Waals surface area (Å²) >= 11 is 0. The highest BCUT2D eigenvalue weighted by atomic mass is 35.5. The minimum Gasteiger partial charge on any atom is -0.466 e. The molecule has 2 aromatic rings. The van der Waals surface area contributed by atoms with Gasteiger partial charge in [-0.25, -0.2) is 0 Å². The summed E-state index contributed by atoms with van der Waals surface area (Å²) in [4.78, 5) is 24.9. The lowest BCUT2D eigenvalue weighted by Crippen LogP contribution is -2.33. The van der Waals surface area contributed by atoms with Crippen LogP contribution in [0.1, 0.15) is 52.3 Å². The summed E-state index contributed by atoms with van der Waals surface area (Å²) in [7, 11) is 0. The molecule has 0 saturated carbocycles. The number of halogens is 1. The molecule has 1 aliphatic heterocycles. The number of benzene rings is 1. The smallest absolute Gasteiger partial charge is 0.308 e. The molecule has 2 heterocycles. The van der Waals surface area contributed by atoms with Crippen molar-refractivity contribution in [3.05, 3.63) is 52.3 Å². The zero-order valence-electron chi connectivity index (χ0n) is 15.5. The SMILES string of the molecule is CCOC(=O)CC(NC(=O)c1n[nH]c2c1CNCC2)c1ccccc1C.Cl. The van der Waals surface area contributed by atoms with Crippen LogP contribution < -0.4 is 10.6 Å². The lowest BCUT2D eigenvalue weighted by atomic mass is 9.98. The Morgan fingerprint density at radius 2 is 2.11 bits per heavy atom. The van der Waals surface area contributed by atoms with Gasteiger partial charge in [0.05, 0.1) is 19.1 Å². The Balaban J connectivity index is 0.00000261. The first-order valence-electron chi connectivity index (χ1n) is 8.89. The molecule has 0 bridgehead atoms. The monoisotopic (exact) mass is 392 g/mol. The second-order valence-corrected chi connectivity index (χ2v) is 6.35. The zero-order chi connectivity index (χ0) is 18.5. The number of hydrogen-bond donors (Lipinski definition) is 3. The van der Waals surface area contributed by atoms with E-state index in [0.29, 0.717) is 18.8 Å². The van der Waals surface area contributed by atoms with E-state index < -0.39 is 6.04 Å². The molecule has 3 N–H and O–H groups in total. The van der Waals surface area contributed by atoms with Gasteiger partial charge in [0.2, 0.25) is 0 Å². The van der Waals surface area contributed by atoms with Gasteiger partial charge in [-0.3, -0.25) is 14.7 Å². The molecule has 0 spiro atoms. The highest BCUT2D eigenvalue weighted by Gasteiger charge is 2.26. The number of rotatable bonds is 6. The highest BCUT2D eigenvalue weighted by molar-refractivity contribution is 5.94. The van der Waals surface area contributed by atoms with Gasteiger partial charge in [-0.05, 0) is 25.0 Å². The Morgan fingerprint density at radius 3 is 2.85 bits per heavy atom. The third kappa shape index (κ3) is 4.87. The number of ether oxygens (including phenoxy) is 1. The topological polar surface area (TPSA) is 96.1 Å². The summed E-state index contributed by atoms with van der Waals surface area (Å²) in [6, 6.07) is 7.23. The molecule has 1 aromatic carbocycles. The molecule has 1 aliphatic rings. The van der Waals surface area contributed by atoms with Crippen LogP contribution in [-0.4, -0.2) is 35.2 Å². The number of H-pyrrole nitrogens is 1. The highest BCUT2D eigenvalue weighted by Crippen LogP contribution is 2.23. The molecular formula is C19H25ClN4O3. The van der Waals surface area contributed by atoms with Crippen LogP contribution in [0.2, 0.25) is 0 Å². The van der Waals surface area contributed by atoms with Crippen molar-refractivity contribution >= 4 is 24.3 Å². The van der Waals surface area contributed by atoms with Crippen molar-refractivity contribution in [2.45, 2.75) is 39.3 Å². The Kier molecular flexibility index (Phi) is 7.38. The molecule has 3 rings (SSSR count). The van der Waals surface area contributed by atoms with E-state index in [1.54, 1.807) is 6.92 Å². The predicted octanol–water partition coefficient (Wildman–Crippen LogP) is 2.21. The molecule has 0 saturated heterocycles. The molecule has 0 fully saturated rings. The van der Waals surface area contributed by atoms with Crippen molar-refractivity contribution in [2.24, 2.45) is 0 Å². The van der Waals surface area contributed by atoms with Crippen molar-refractivity contribution in [1.29, 1.82) is 0 Å². The van der Waals surface area contributed by atoms with E-state index in [0.717, 1.165) is 35.3 Å². The predicted molar refractivity (Wildman–Crippen MR) is 104 cm³/mol. The lowest BCUT2D eigenvalue weighted by molar-refractivity contribution is -0.143. The second kappa shape index (κ2) is 9.53. The van der Waals surface area contributed by atoms with Crippen LogP contribution in [0.4, 0.5) is 0 Å². The fourth-order valence-electron chi connectivity index (χ4n) is 3.24. The van der Waals surface area contributed by atoms with Crippen LogP contribution in [0.5, 0.6) is 0 Å². The Hall–Kier alpha value is -2.38. The van der Waals surface area contributed by atoms with Crippen molar-refractivity contribution < 1.29 is 14.3 Å². The summed E-state index contributed by atoms with van der Waals surface area (Å²) in [6.45, 7) is 5.51. The third-order valence-corrected chi connectivity index (χ3v) is 4.57. The molecule has 1 aromatic heterocycles. The van der Waals surface area contributed by atoms with E-state index in [1.807, 2.05) is 31.2 Å². The Bertz CT molecular complexity index is 806. The summed E-state index contributed by atoms with van der Waals surface area (Å²) in [6.07, 6.45) is 0.898. The quantitative estimate of drug-likeness (QED) is 0.655. The van der Waals surface area contributed by atoms with Crippen LogP contribution in [0.25, 0.3) is 0 Å². The van der Waals surface area contributed by atoms with Crippen molar-refractivity contribution in [3.63, 3.8) is 0 Å². The van der Waals surface area contributed by atoms with Crippen LogP contribution in [0.15, 0.2) is 24.3 Å². The normalized spacial score (nSPS) is 13.9. The number of carbonyl (C=O) groups excluding carboxylic acids is 2. The summed E-state index contributed by atoms with van der Waals surface area (Å²) < 4.78 is 5.07. The van der Waals surface area contributed by atoms with E-state index in [2.05, 4.69) is 20.8 Å². The number of aryl methyl sites for hydroxylation is 1. The van der Waals surface area contributed by atoms with Crippen molar-refractivity contribution in [2.75, 3.05) is 13.2 Å². The number of carbonyl (C=O) groups is 2. The largest absolute Gasteiger partial charge is 0.466 e. The average Bonchev–Trinajstić information content (AvgIpc) is 3.06. The maximum absolute atomic E-state index is 12.8. The minimum absolute atomic E-state index is 0. The maximum Gasteiger partial charge on any atom is 0.308 e. The van der Waals surface area contributed by atoms with Gasteiger partial charge in [0.25, 0.3) is 5.91 Å². The first-order chi connectivity index (χ1) is 12.6. The van der Waals surface area contributed by atoms with Crippen LogP contribution in [-0.2, 0) is 22.5 Å². The number of aromatic amines is 1. The van der Waals surface area contributed by atoms with Gasteiger partial charge in [0.1, 0.15) is 0 Å². The third-order valence-electron chi connectivity index (χ3n) is 4.57. The molecule has 0 radical (unpaired) electrons. The van der Waals surface area contributed by atoms with Gasteiger partial charge in [0, 0.05) is 30.8 Å². The summed E-state index contributed by atoms with van der Waals surface area (Å²) in [5.74, 6) is -0.629. The van der Waals surface area contributed by atoms with E-state index in [1.165, 1.54) is 0 Å². The molecule has 27 heavy (non-hydrogen) atoms. The standard InChI is InChI=1S/C19H24N4O3.ClH/c1-3-26-17(24)10-16(13-7-5-4-6-12(13)2)21-19(25)18-14-11-20-9-8-15(14)22-23-18;/h4-7,16,20H,3,8-11H2,1-2H3,(H,21,25)(H,22,23);1H. The Labute approximate surface area is 164 Å². The Morgan fingerprint density at radius 1 is 1.33 bits per heavy atom.